The highest BCUT2D eigenvalue weighted by Gasteiger charge is 2.51. The molecule has 2 saturated heterocycles. The molecule has 10 rings (SSSR count). The van der Waals surface area contributed by atoms with Crippen LogP contribution in [0.1, 0.15) is 106 Å². The van der Waals surface area contributed by atoms with Gasteiger partial charge >= 0.3 is 0 Å². The van der Waals surface area contributed by atoms with E-state index in [4.69, 9.17) is 4.74 Å². The zero-order valence-corrected chi connectivity index (χ0v) is 43.6. The fourth-order valence-corrected chi connectivity index (χ4v) is 14.1. The first-order chi connectivity index (χ1) is 35.4. The van der Waals surface area contributed by atoms with E-state index in [1.54, 1.807) is 59.9 Å². The Morgan fingerprint density at radius 3 is 2.35 bits per heavy atom. The molecule has 6 aromatic rings. The number of aromatic nitrogens is 2. The first-order valence-corrected chi connectivity index (χ1v) is 28.5. The number of carbonyl (C=O) groups is 1. The Hall–Kier alpha value is -6.38. The first-order valence-electron chi connectivity index (χ1n) is 25.6. The average molecular weight is 1050 g/mol. The van der Waals surface area contributed by atoms with Crippen LogP contribution in [-0.2, 0) is 20.0 Å². The molecule has 4 heterocycles. The normalized spacial score (nSPS) is 21.9. The Balaban J connectivity index is 0.842. The van der Waals surface area contributed by atoms with E-state index in [1.165, 1.54) is 35.5 Å². The maximum absolute atomic E-state index is 14.1. The van der Waals surface area contributed by atoms with Crippen molar-refractivity contribution in [1.29, 1.82) is 0 Å². The van der Waals surface area contributed by atoms with Gasteiger partial charge in [-0.15, -0.1) is 0 Å². The molecule has 4 aromatic carbocycles. The maximum atomic E-state index is 14.1. The van der Waals surface area contributed by atoms with Gasteiger partial charge in [-0.25, -0.2) is 26.5 Å². The Morgan fingerprint density at radius 1 is 0.892 bits per heavy atom. The molecule has 1 atom stereocenters. The quantitative estimate of drug-likeness (QED) is 0.0557. The molecule has 0 bridgehead atoms. The molecule has 4 N–H and O–H groups in total. The fraction of sp³-hybridized carbons (Fsp3) is 0.418. The van der Waals surface area contributed by atoms with Gasteiger partial charge in [-0.1, -0.05) is 56.3 Å². The number of H-pyrrole nitrogens is 1. The molecule has 1 spiro atoms. The van der Waals surface area contributed by atoms with Crippen molar-refractivity contribution < 1.29 is 36.4 Å². The van der Waals surface area contributed by atoms with Crippen LogP contribution in [-0.4, -0.2) is 103 Å². The Kier molecular flexibility index (Phi) is 14.1. The monoisotopic (exact) mass is 1040 g/mol. The minimum absolute atomic E-state index is 0.0636. The van der Waals surface area contributed by atoms with Crippen LogP contribution < -0.4 is 19.7 Å². The summed E-state index contributed by atoms with van der Waals surface area (Å²) >= 11 is 0. The number of nitro benzene ring substituents is 1. The van der Waals surface area contributed by atoms with Crippen molar-refractivity contribution in [3.05, 3.63) is 142 Å². The second-order valence-electron chi connectivity index (χ2n) is 21.3. The van der Waals surface area contributed by atoms with Gasteiger partial charge in [0.1, 0.15) is 22.8 Å². The molecule has 2 aliphatic heterocycles. The second-order valence-corrected chi connectivity index (χ2v) is 24.9. The van der Waals surface area contributed by atoms with Gasteiger partial charge in [-0.2, -0.15) is 4.31 Å². The van der Waals surface area contributed by atoms with Crippen LogP contribution in [0.5, 0.6) is 11.5 Å². The molecule has 74 heavy (non-hydrogen) atoms. The van der Waals surface area contributed by atoms with Crippen molar-refractivity contribution in [3.63, 3.8) is 0 Å². The van der Waals surface area contributed by atoms with Crippen LogP contribution in [0.3, 0.4) is 0 Å². The number of nitrogens with one attached hydrogen (secondary N) is 3. The van der Waals surface area contributed by atoms with Crippen LogP contribution in [0.4, 0.5) is 17.1 Å². The topological polar surface area (TPSA) is 220 Å². The molecule has 19 heteroatoms. The summed E-state index contributed by atoms with van der Waals surface area (Å²) in [6.45, 7) is 9.47. The van der Waals surface area contributed by atoms with Crippen molar-refractivity contribution in [1.82, 2.24) is 23.9 Å². The standard InChI is InChI=1S/C55H64N8O9S2/c1-37(2)45-11-7-8-12-46(45)50-36-61(74(70,71)43-9-5-4-6-10-43)27-28-62(50)41-32-55(33-41)22-25-60(26-23-55)40-13-15-47(51(30-40)72-42-29-39-19-24-56-52(39)58-35-42)53(64)59-73(68,69)44-14-16-48(49(31-44)63(66)67)57-34-38-17-20-54(3,65)21-18-38/h4-16,19,24,29-31,35,37-38,41,50,57,65H,17-18,20-23,25-28,32-34,36H2,1-3H3,(H,56,58)(H,59,64)/t38-,50?,54-. The van der Waals surface area contributed by atoms with E-state index in [2.05, 4.69) is 67.9 Å². The third-order valence-electron chi connectivity index (χ3n) is 16.0. The third-order valence-corrected chi connectivity index (χ3v) is 19.2. The second kappa shape index (κ2) is 20.4. The highest BCUT2D eigenvalue weighted by atomic mass is 32.2. The number of aromatic amines is 1. The number of piperidine rings is 1. The van der Waals surface area contributed by atoms with Crippen molar-refractivity contribution >= 4 is 54.0 Å². The fourth-order valence-electron chi connectivity index (χ4n) is 11.7. The maximum Gasteiger partial charge on any atom is 0.293 e. The van der Waals surface area contributed by atoms with Crippen LogP contribution in [0.2, 0.25) is 0 Å². The van der Waals surface area contributed by atoms with Gasteiger partial charge in [0.15, 0.2) is 0 Å². The lowest BCUT2D eigenvalue weighted by Crippen LogP contribution is -2.60. The molecule has 17 nitrogen and oxygen atoms in total. The summed E-state index contributed by atoms with van der Waals surface area (Å²) in [4.78, 5) is 37.8. The number of benzene rings is 4. The van der Waals surface area contributed by atoms with Gasteiger partial charge in [0.25, 0.3) is 21.6 Å². The number of hydrogen-bond donors (Lipinski definition) is 4. The number of nitrogens with zero attached hydrogens (tertiary/aromatic N) is 5. The largest absolute Gasteiger partial charge is 0.455 e. The lowest BCUT2D eigenvalue weighted by Gasteiger charge is -2.58. The Bertz CT molecular complexity index is 3270. The summed E-state index contributed by atoms with van der Waals surface area (Å²) in [5, 5.41) is 26.4. The van der Waals surface area contributed by atoms with Crippen LogP contribution in [0, 0.1) is 21.4 Å². The summed E-state index contributed by atoms with van der Waals surface area (Å²) in [5.41, 5.74) is 2.87. The number of aliphatic hydroxyl groups is 1. The van der Waals surface area contributed by atoms with Crippen molar-refractivity contribution in [2.75, 3.05) is 49.5 Å². The van der Waals surface area contributed by atoms with E-state index >= 15 is 0 Å². The van der Waals surface area contributed by atoms with E-state index in [0.717, 1.165) is 68.8 Å². The molecular weight excluding hydrogens is 981 g/mol. The molecule has 0 radical (unpaired) electrons. The number of ether oxygens (including phenoxy) is 1. The highest BCUT2D eigenvalue weighted by Crippen LogP contribution is 2.53. The zero-order valence-electron chi connectivity index (χ0n) is 41.9. The summed E-state index contributed by atoms with van der Waals surface area (Å²) in [7, 11) is -8.30. The van der Waals surface area contributed by atoms with E-state index in [0.29, 0.717) is 61.4 Å². The summed E-state index contributed by atoms with van der Waals surface area (Å²) in [6.07, 6.45) is 9.85. The van der Waals surface area contributed by atoms with Crippen molar-refractivity contribution in [2.24, 2.45) is 11.3 Å². The minimum atomic E-state index is -4.61. The van der Waals surface area contributed by atoms with Gasteiger partial charge < -0.3 is 25.0 Å². The average Bonchev–Trinajstić information content (AvgIpc) is 3.86. The molecule has 4 fully saturated rings. The van der Waals surface area contributed by atoms with E-state index < -0.39 is 47.1 Å². The number of sulfonamides is 2. The molecule has 390 valence electrons. The highest BCUT2D eigenvalue weighted by molar-refractivity contribution is 7.90. The number of fused-ring (bicyclic) bond motifs is 1. The van der Waals surface area contributed by atoms with Crippen LogP contribution in [0.25, 0.3) is 11.0 Å². The van der Waals surface area contributed by atoms with Crippen LogP contribution >= 0.6 is 0 Å². The van der Waals surface area contributed by atoms with Gasteiger partial charge in [-0.3, -0.25) is 19.8 Å². The predicted molar refractivity (Wildman–Crippen MR) is 284 cm³/mol. The number of rotatable bonds is 15. The molecule has 4 aliphatic rings. The molecule has 1 amide bonds. The third kappa shape index (κ3) is 10.6. The van der Waals surface area contributed by atoms with Gasteiger partial charge in [0.05, 0.1) is 32.1 Å². The summed E-state index contributed by atoms with van der Waals surface area (Å²) in [5.74, 6) is -0.0949. The van der Waals surface area contributed by atoms with E-state index in [-0.39, 0.29) is 40.3 Å². The zero-order chi connectivity index (χ0) is 52.0. The van der Waals surface area contributed by atoms with E-state index in [1.807, 2.05) is 12.1 Å². The van der Waals surface area contributed by atoms with Crippen molar-refractivity contribution in [2.45, 2.75) is 106 Å². The molecule has 2 aromatic heterocycles. The van der Waals surface area contributed by atoms with E-state index in [9.17, 15) is 36.9 Å². The number of piperazine rings is 1. The predicted octanol–water partition coefficient (Wildman–Crippen LogP) is 9.36. The molecule has 1 unspecified atom stereocenters. The minimum Gasteiger partial charge on any atom is -0.455 e. The molecular formula is C55H64N8O9S2. The van der Waals surface area contributed by atoms with Gasteiger partial charge in [0.2, 0.25) is 10.0 Å². The Labute approximate surface area is 432 Å². The number of amides is 1. The number of nitro groups is 1. The van der Waals surface area contributed by atoms with Crippen LogP contribution in [0.15, 0.2) is 125 Å². The number of anilines is 2. The lowest BCUT2D eigenvalue weighted by molar-refractivity contribution is -0.384. The smallest absolute Gasteiger partial charge is 0.293 e. The first kappa shape index (κ1) is 51.1. The SMILES string of the molecule is CC(C)c1ccccc1C1CN(S(=O)(=O)c2ccccc2)CCN1C1CC2(CCN(c3ccc(C(=O)NS(=O)(=O)c4ccc(NC[C@H]5CC[C@](C)(O)CC5)c([N+](=O)[O-])c4)c(Oc4cnc5[nH]ccc5c4)c3)CC2)C1. The van der Waals surface area contributed by atoms with Gasteiger partial charge in [0, 0.05) is 80.8 Å². The van der Waals surface area contributed by atoms with Crippen molar-refractivity contribution in [3.8, 4) is 11.5 Å². The lowest BCUT2D eigenvalue weighted by atomic mass is 9.59. The molecule has 2 saturated carbocycles. The molecule has 2 aliphatic carbocycles. The Morgan fingerprint density at radius 2 is 1.62 bits per heavy atom. The number of pyridine rings is 1. The summed E-state index contributed by atoms with van der Waals surface area (Å²) in [6, 6.07) is 29.5. The number of hydrogen-bond acceptors (Lipinski definition) is 13. The van der Waals surface area contributed by atoms with Gasteiger partial charge in [-0.05, 0) is 135 Å². The summed E-state index contributed by atoms with van der Waals surface area (Å²) < 4.78 is 65.8. The number of carbonyl (C=O) groups excluding carboxylic acids is 1.